The van der Waals surface area contributed by atoms with Gasteiger partial charge in [0.2, 0.25) is 5.91 Å². The summed E-state index contributed by atoms with van der Waals surface area (Å²) >= 11 is 1.08. The molecule has 0 aliphatic carbocycles. The van der Waals surface area contributed by atoms with E-state index in [9.17, 15) is 22.8 Å². The van der Waals surface area contributed by atoms with Crippen LogP contribution in [0.1, 0.15) is 20.8 Å². The zero-order valence-electron chi connectivity index (χ0n) is 15.8. The highest BCUT2D eigenvalue weighted by atomic mass is 32.1. The van der Waals surface area contributed by atoms with E-state index in [0.29, 0.717) is 16.5 Å². The van der Waals surface area contributed by atoms with Gasteiger partial charge in [-0.05, 0) is 18.1 Å². The molecule has 0 fully saturated rings. The van der Waals surface area contributed by atoms with Gasteiger partial charge in [0.1, 0.15) is 5.00 Å². The first-order valence-corrected chi connectivity index (χ1v) is 9.64. The summed E-state index contributed by atoms with van der Waals surface area (Å²) in [6, 6.07) is 16.0. The van der Waals surface area contributed by atoms with Crippen molar-refractivity contribution in [1.29, 1.82) is 0 Å². The molecule has 3 N–H and O–H groups in total. The molecule has 3 aromatic rings. The normalized spacial score (nSPS) is 11.9. The van der Waals surface area contributed by atoms with Gasteiger partial charge in [-0.3, -0.25) is 9.59 Å². The summed E-state index contributed by atoms with van der Waals surface area (Å²) in [5, 5.41) is 2.50. The summed E-state index contributed by atoms with van der Waals surface area (Å²) in [5.74, 6) is -1.79. The fourth-order valence-corrected chi connectivity index (χ4v) is 4.13. The quantitative estimate of drug-likeness (QED) is 0.532. The highest BCUT2D eigenvalue weighted by Crippen LogP contribution is 2.40. The number of carbonyl (C=O) groups is 2. The second kappa shape index (κ2) is 8.54. The smallest absolute Gasteiger partial charge is 0.365 e. The van der Waals surface area contributed by atoms with Crippen LogP contribution in [-0.4, -0.2) is 18.0 Å². The molecule has 0 saturated carbocycles. The standard InChI is InChI=1S/C22H17F3N2O2S/c1-13-18(15-10-6-3-7-11-15)19(20(26)29)21(30-13)27-17(28)12-16(22(23,24)25)14-8-4-2-5-9-14/h2-12H,1H3,(H2,26,29)(H,27,28)/b16-12-. The van der Waals surface area contributed by atoms with E-state index in [1.54, 1.807) is 37.3 Å². The zero-order chi connectivity index (χ0) is 21.9. The zero-order valence-corrected chi connectivity index (χ0v) is 16.6. The molecule has 0 spiro atoms. The predicted octanol–water partition coefficient (Wildman–Crippen LogP) is 5.41. The van der Waals surface area contributed by atoms with Crippen molar-refractivity contribution in [2.24, 2.45) is 5.73 Å². The first-order valence-electron chi connectivity index (χ1n) is 8.82. The molecular formula is C22H17F3N2O2S. The van der Waals surface area contributed by atoms with E-state index in [-0.39, 0.29) is 16.1 Å². The molecule has 2 amide bonds. The summed E-state index contributed by atoms with van der Waals surface area (Å²) in [6.07, 6.45) is -4.25. The summed E-state index contributed by atoms with van der Waals surface area (Å²) in [4.78, 5) is 25.2. The number of carbonyl (C=O) groups excluding carboxylic acids is 2. The van der Waals surface area contributed by atoms with Crippen molar-refractivity contribution in [3.05, 3.63) is 82.7 Å². The summed E-state index contributed by atoms with van der Waals surface area (Å²) in [7, 11) is 0. The third-order valence-electron chi connectivity index (χ3n) is 4.30. The van der Waals surface area contributed by atoms with E-state index < -0.39 is 23.6 Å². The Morgan fingerprint density at radius 3 is 2.10 bits per heavy atom. The summed E-state index contributed by atoms with van der Waals surface area (Å²) in [5.41, 5.74) is 5.64. The molecule has 1 heterocycles. The molecule has 0 aliphatic heterocycles. The van der Waals surface area contributed by atoms with Crippen molar-refractivity contribution in [2.45, 2.75) is 13.1 Å². The van der Waals surface area contributed by atoms with Crippen LogP contribution in [0.25, 0.3) is 16.7 Å². The van der Waals surface area contributed by atoms with E-state index in [4.69, 9.17) is 5.73 Å². The fourth-order valence-electron chi connectivity index (χ4n) is 3.05. The van der Waals surface area contributed by atoms with Gasteiger partial charge in [-0.15, -0.1) is 11.3 Å². The Balaban J connectivity index is 2.01. The maximum absolute atomic E-state index is 13.5. The Morgan fingerprint density at radius 1 is 1.00 bits per heavy atom. The number of thiophene rings is 1. The minimum atomic E-state index is -4.73. The number of anilines is 1. The number of hydrogen-bond donors (Lipinski definition) is 2. The number of halogens is 3. The van der Waals surface area contributed by atoms with Crippen molar-refractivity contribution >= 4 is 33.7 Å². The summed E-state index contributed by atoms with van der Waals surface area (Å²) < 4.78 is 40.4. The lowest BCUT2D eigenvalue weighted by atomic mass is 10.0. The SMILES string of the molecule is Cc1sc(NC(=O)/C=C(/c2ccccc2)C(F)(F)F)c(C(N)=O)c1-c1ccccc1. The Morgan fingerprint density at radius 2 is 1.57 bits per heavy atom. The Bertz CT molecular complexity index is 1100. The molecule has 154 valence electrons. The van der Waals surface area contributed by atoms with Crippen molar-refractivity contribution in [1.82, 2.24) is 0 Å². The van der Waals surface area contributed by atoms with Gasteiger partial charge in [-0.2, -0.15) is 13.2 Å². The molecule has 8 heteroatoms. The van der Waals surface area contributed by atoms with Crippen LogP contribution in [0.4, 0.5) is 18.2 Å². The Kier molecular flexibility index (Phi) is 6.07. The first kappa shape index (κ1) is 21.3. The van der Waals surface area contributed by atoms with Crippen LogP contribution in [0, 0.1) is 6.92 Å². The van der Waals surface area contributed by atoms with Crippen LogP contribution in [0.3, 0.4) is 0 Å². The van der Waals surface area contributed by atoms with Gasteiger partial charge in [-0.25, -0.2) is 0 Å². The molecule has 0 radical (unpaired) electrons. The van der Waals surface area contributed by atoms with E-state index in [1.165, 1.54) is 24.3 Å². The number of amides is 2. The van der Waals surface area contributed by atoms with Gasteiger partial charge >= 0.3 is 6.18 Å². The topological polar surface area (TPSA) is 72.2 Å². The third-order valence-corrected chi connectivity index (χ3v) is 5.32. The third kappa shape index (κ3) is 4.60. The molecule has 0 atom stereocenters. The number of aryl methyl sites for hydroxylation is 1. The maximum atomic E-state index is 13.5. The van der Waals surface area contributed by atoms with Crippen molar-refractivity contribution in [3.8, 4) is 11.1 Å². The number of rotatable bonds is 5. The number of nitrogens with one attached hydrogen (secondary N) is 1. The van der Waals surface area contributed by atoms with Crippen LogP contribution in [0.2, 0.25) is 0 Å². The largest absolute Gasteiger partial charge is 0.417 e. The average molecular weight is 430 g/mol. The predicted molar refractivity (Wildman–Crippen MR) is 112 cm³/mol. The lowest BCUT2D eigenvalue weighted by Crippen LogP contribution is -2.18. The van der Waals surface area contributed by atoms with E-state index in [2.05, 4.69) is 5.32 Å². The van der Waals surface area contributed by atoms with Crippen molar-refractivity contribution in [2.75, 3.05) is 5.32 Å². The van der Waals surface area contributed by atoms with Gasteiger partial charge in [0.25, 0.3) is 5.91 Å². The lowest BCUT2D eigenvalue weighted by Gasteiger charge is -2.12. The second-order valence-corrected chi connectivity index (χ2v) is 7.60. The minimum absolute atomic E-state index is 0.0683. The number of allylic oxidation sites excluding steroid dienone is 1. The van der Waals surface area contributed by atoms with E-state index in [0.717, 1.165) is 16.9 Å². The van der Waals surface area contributed by atoms with Gasteiger partial charge in [0.15, 0.2) is 0 Å². The number of hydrogen-bond acceptors (Lipinski definition) is 3. The van der Waals surface area contributed by atoms with E-state index in [1.807, 2.05) is 6.07 Å². The molecule has 30 heavy (non-hydrogen) atoms. The maximum Gasteiger partial charge on any atom is 0.417 e. The van der Waals surface area contributed by atoms with Crippen LogP contribution >= 0.6 is 11.3 Å². The first-order chi connectivity index (χ1) is 14.2. The summed E-state index contributed by atoms with van der Waals surface area (Å²) in [6.45, 7) is 1.75. The van der Waals surface area contributed by atoms with Crippen LogP contribution in [0.5, 0.6) is 0 Å². The Labute approximate surface area is 174 Å². The molecule has 0 aliphatic rings. The molecular weight excluding hydrogens is 413 g/mol. The monoisotopic (exact) mass is 430 g/mol. The van der Waals surface area contributed by atoms with Crippen LogP contribution in [-0.2, 0) is 4.79 Å². The highest BCUT2D eigenvalue weighted by Gasteiger charge is 2.35. The minimum Gasteiger partial charge on any atom is -0.365 e. The molecule has 0 unspecified atom stereocenters. The van der Waals surface area contributed by atoms with Crippen LogP contribution < -0.4 is 11.1 Å². The van der Waals surface area contributed by atoms with Gasteiger partial charge < -0.3 is 11.1 Å². The van der Waals surface area contributed by atoms with Crippen molar-refractivity contribution < 1.29 is 22.8 Å². The molecule has 1 aromatic heterocycles. The molecule has 2 aromatic carbocycles. The number of alkyl halides is 3. The lowest BCUT2D eigenvalue weighted by molar-refractivity contribution is -0.112. The second-order valence-electron chi connectivity index (χ2n) is 6.38. The molecule has 0 saturated heterocycles. The van der Waals surface area contributed by atoms with Crippen molar-refractivity contribution in [3.63, 3.8) is 0 Å². The fraction of sp³-hybridized carbons (Fsp3) is 0.0909. The number of primary amides is 1. The Hall–Kier alpha value is -3.39. The number of nitrogens with two attached hydrogens (primary N) is 1. The van der Waals surface area contributed by atoms with Gasteiger partial charge in [0, 0.05) is 16.5 Å². The molecule has 3 rings (SSSR count). The van der Waals surface area contributed by atoms with E-state index >= 15 is 0 Å². The van der Waals surface area contributed by atoms with Gasteiger partial charge in [-0.1, -0.05) is 60.7 Å². The average Bonchev–Trinajstić information content (AvgIpc) is 3.02. The number of benzene rings is 2. The molecule has 0 bridgehead atoms. The highest BCUT2D eigenvalue weighted by molar-refractivity contribution is 7.17. The van der Waals surface area contributed by atoms with Gasteiger partial charge in [0.05, 0.1) is 11.1 Å². The van der Waals surface area contributed by atoms with Crippen LogP contribution in [0.15, 0.2) is 66.7 Å². The molecule has 4 nitrogen and oxygen atoms in total.